The summed E-state index contributed by atoms with van der Waals surface area (Å²) in [7, 11) is -0.729. The van der Waals surface area contributed by atoms with Crippen molar-refractivity contribution in [1.82, 2.24) is 15.0 Å². The average Bonchev–Trinajstić information content (AvgIpc) is 3.81. The van der Waals surface area contributed by atoms with Crippen LogP contribution in [0.1, 0.15) is 40.5 Å². The number of anilines is 3. The minimum absolute atomic E-state index is 0.00237. The van der Waals surface area contributed by atoms with E-state index in [9.17, 15) is 9.90 Å². The number of rotatable bonds is 12. The number of nitrogens with one attached hydrogen (secondary N) is 1. The normalized spacial score (nSPS) is 20.9. The summed E-state index contributed by atoms with van der Waals surface area (Å²) in [5.41, 5.74) is 9.44. The molecule has 2 aliphatic rings. The Bertz CT molecular complexity index is 2090. The summed E-state index contributed by atoms with van der Waals surface area (Å²) < 4.78 is 14.6. The van der Waals surface area contributed by atoms with Crippen LogP contribution < -0.4 is 25.9 Å². The summed E-state index contributed by atoms with van der Waals surface area (Å²) in [6.45, 7) is 7.77. The summed E-state index contributed by atoms with van der Waals surface area (Å²) in [5.74, 6) is 0.176. The Balaban J connectivity index is 1.31. The van der Waals surface area contributed by atoms with Crippen LogP contribution in [0.2, 0.25) is 18.6 Å². The number of amides is 2. The van der Waals surface area contributed by atoms with E-state index in [4.69, 9.17) is 15.2 Å². The van der Waals surface area contributed by atoms with Crippen molar-refractivity contribution in [2.24, 2.45) is 5.92 Å². The highest BCUT2D eigenvalue weighted by Gasteiger charge is 2.66. The van der Waals surface area contributed by atoms with Gasteiger partial charge < -0.3 is 30.5 Å². The van der Waals surface area contributed by atoms with Crippen molar-refractivity contribution in [1.29, 1.82) is 0 Å². The molecule has 4 atom stereocenters. The molecule has 5 aromatic rings. The number of hydrogen-bond acceptors (Lipinski definition) is 8. The van der Waals surface area contributed by atoms with Crippen molar-refractivity contribution in [2.45, 2.75) is 63.2 Å². The minimum Gasteiger partial charge on any atom is -0.497 e. The Labute approximate surface area is 310 Å². The third kappa shape index (κ3) is 6.73. The van der Waals surface area contributed by atoms with Gasteiger partial charge in [0.25, 0.3) is 11.8 Å². The highest BCUT2D eigenvalue weighted by atomic mass is 28.3. The highest BCUT2D eigenvalue weighted by molar-refractivity contribution is 6.91. The molecule has 0 unspecified atom stereocenters. The molecule has 11 nitrogen and oxygen atoms in total. The second-order valence-electron chi connectivity index (χ2n) is 14.6. The van der Waals surface area contributed by atoms with Gasteiger partial charge in [-0.1, -0.05) is 72.9 Å². The molecule has 274 valence electrons. The fourth-order valence-corrected chi connectivity index (χ4v) is 12.4. The molecule has 0 saturated carbocycles. The lowest BCUT2D eigenvalue weighted by molar-refractivity contribution is -0.146. The van der Waals surface area contributed by atoms with Crippen LogP contribution in [0.15, 0.2) is 103 Å². The summed E-state index contributed by atoms with van der Waals surface area (Å²) >= 11 is 0. The number of nitrogens with two attached hydrogens (primary N) is 1. The first-order valence-corrected chi connectivity index (χ1v) is 21.1. The Morgan fingerprint density at radius 2 is 1.77 bits per heavy atom. The number of fused-ring (bicyclic) bond motifs is 2. The smallest absolute Gasteiger partial charge is 0.264 e. The fourth-order valence-electron chi connectivity index (χ4n) is 8.36. The zero-order valence-electron chi connectivity index (χ0n) is 30.5. The van der Waals surface area contributed by atoms with Crippen molar-refractivity contribution >= 4 is 42.1 Å². The molecule has 3 heterocycles. The molecule has 2 aliphatic heterocycles. The number of aryl methyl sites for hydroxylation is 1. The van der Waals surface area contributed by atoms with Gasteiger partial charge in [-0.15, -0.1) is 5.10 Å². The molecule has 53 heavy (non-hydrogen) atoms. The maximum Gasteiger partial charge on any atom is 0.264 e. The molecule has 2 amide bonds. The van der Waals surface area contributed by atoms with Crippen LogP contribution in [0.3, 0.4) is 0 Å². The van der Waals surface area contributed by atoms with Crippen LogP contribution >= 0.6 is 0 Å². The average molecular weight is 731 g/mol. The van der Waals surface area contributed by atoms with Crippen LogP contribution in [-0.2, 0) is 34.6 Å². The molecular weight excluding hydrogens is 685 g/mol. The molecule has 0 radical (unpaired) electrons. The van der Waals surface area contributed by atoms with Crippen LogP contribution in [-0.4, -0.2) is 59.8 Å². The molecule has 4 N–H and O–H groups in total. The zero-order chi connectivity index (χ0) is 37.3. The Morgan fingerprint density at radius 1 is 1.04 bits per heavy atom. The maximum atomic E-state index is 15.2. The fraction of sp³-hybridized carbons (Fsp3) is 0.317. The van der Waals surface area contributed by atoms with Crippen molar-refractivity contribution in [2.75, 3.05) is 29.7 Å². The number of carbonyl (C=O) groups is 2. The van der Waals surface area contributed by atoms with E-state index in [2.05, 4.69) is 47.8 Å². The van der Waals surface area contributed by atoms with Crippen molar-refractivity contribution in [3.63, 3.8) is 0 Å². The van der Waals surface area contributed by atoms with Crippen molar-refractivity contribution < 1.29 is 24.2 Å². The topological polar surface area (TPSA) is 145 Å². The van der Waals surface area contributed by atoms with Gasteiger partial charge in [-0.05, 0) is 72.1 Å². The Hall–Kier alpha value is -5.30. The van der Waals surface area contributed by atoms with E-state index in [0.717, 1.165) is 28.3 Å². The first-order valence-electron chi connectivity index (χ1n) is 18.0. The van der Waals surface area contributed by atoms with Gasteiger partial charge in [-0.2, -0.15) is 0 Å². The van der Waals surface area contributed by atoms with Gasteiger partial charge in [0, 0.05) is 54.2 Å². The third-order valence-electron chi connectivity index (χ3n) is 11.0. The summed E-state index contributed by atoms with van der Waals surface area (Å²) in [5, 5.41) is 22.3. The van der Waals surface area contributed by atoms with Gasteiger partial charge in [0.15, 0.2) is 5.60 Å². The summed E-state index contributed by atoms with van der Waals surface area (Å²) in [6, 6.07) is 30.7. The monoisotopic (exact) mass is 730 g/mol. The van der Waals surface area contributed by atoms with Gasteiger partial charge in [-0.3, -0.25) is 14.3 Å². The molecule has 0 aliphatic carbocycles. The molecule has 1 saturated heterocycles. The number of ether oxygens (including phenoxy) is 2. The zero-order valence-corrected chi connectivity index (χ0v) is 31.5. The van der Waals surface area contributed by atoms with Gasteiger partial charge >= 0.3 is 0 Å². The largest absolute Gasteiger partial charge is 0.497 e. The lowest BCUT2D eigenvalue weighted by atomic mass is 9.82. The standard InChI is InChI=1S/C41H46N6O5Si/c1-27-38(53(3,4)34-17-15-33(51-2)16-18-34)37(20-22-46-26-32(21-23-48)44-45-46)52-41(27)35-24-31(43-39(49)29-10-12-30(42)13-11-29)14-19-36(35)47(40(41)50)25-28-8-6-5-7-9-28/h5-19,24,26-27,37-38,48H,20-23,25,42H2,1-4H3,(H,43,49)/t27-,37+,38-,41+/m0/s1. The highest BCUT2D eigenvalue weighted by Crippen LogP contribution is 2.60. The number of nitrogens with zero attached hydrogens (tertiary/aromatic N) is 4. The molecule has 4 aromatic carbocycles. The molecule has 7 rings (SSSR count). The van der Waals surface area contributed by atoms with Gasteiger partial charge in [0.1, 0.15) is 5.75 Å². The first kappa shape index (κ1) is 36.1. The lowest BCUT2D eigenvalue weighted by Gasteiger charge is -2.37. The van der Waals surface area contributed by atoms with E-state index < -0.39 is 13.7 Å². The van der Waals surface area contributed by atoms with Gasteiger partial charge in [0.2, 0.25) is 0 Å². The third-order valence-corrected chi connectivity index (χ3v) is 15.4. The molecular formula is C41H46N6O5Si. The van der Waals surface area contributed by atoms with E-state index in [-0.39, 0.29) is 36.0 Å². The molecule has 12 heteroatoms. The van der Waals surface area contributed by atoms with E-state index in [0.29, 0.717) is 42.9 Å². The number of nitrogen functional groups attached to an aromatic ring is 1. The minimum atomic E-state index is -2.39. The molecule has 0 bridgehead atoms. The van der Waals surface area contributed by atoms with Crippen molar-refractivity contribution in [3.05, 3.63) is 126 Å². The number of methoxy groups -OCH3 is 1. The van der Waals surface area contributed by atoms with Crippen LogP contribution in [0.25, 0.3) is 0 Å². The Morgan fingerprint density at radius 3 is 2.47 bits per heavy atom. The molecule has 1 aromatic heterocycles. The number of aliphatic hydroxyl groups is 1. The SMILES string of the molecule is COc1ccc([Si](C)(C)[C@@H]2[C@@H](CCn3cc(CCO)nn3)O[C@]3(C(=O)N(Cc4ccccc4)c4ccc(NC(=O)c5ccc(N)cc5)cc43)[C@H]2C)cc1. The van der Waals surface area contributed by atoms with Gasteiger partial charge in [-0.25, -0.2) is 0 Å². The number of carbonyl (C=O) groups excluding carboxylic acids is 2. The lowest BCUT2D eigenvalue weighted by Crippen LogP contribution is -2.51. The van der Waals surface area contributed by atoms with E-state index >= 15 is 4.79 Å². The van der Waals surface area contributed by atoms with Crippen molar-refractivity contribution in [3.8, 4) is 5.75 Å². The van der Waals surface area contributed by atoms with Crippen LogP contribution in [0.5, 0.6) is 5.75 Å². The number of aromatic nitrogens is 3. The summed E-state index contributed by atoms with van der Waals surface area (Å²) in [6.07, 6.45) is 2.58. The summed E-state index contributed by atoms with van der Waals surface area (Å²) in [4.78, 5) is 30.4. The molecule has 1 fully saturated rings. The second kappa shape index (κ2) is 14.6. The van der Waals surface area contributed by atoms with E-state index in [1.165, 1.54) is 5.19 Å². The quantitative estimate of drug-likeness (QED) is 0.113. The number of hydrogen-bond donors (Lipinski definition) is 3. The van der Waals surface area contributed by atoms with Crippen LogP contribution in [0, 0.1) is 5.92 Å². The van der Waals surface area contributed by atoms with E-state index in [1.807, 2.05) is 71.8 Å². The first-order chi connectivity index (χ1) is 25.5. The van der Waals surface area contributed by atoms with Gasteiger partial charge in [0.05, 0.1) is 39.2 Å². The molecule has 1 spiro atoms. The number of aliphatic hydroxyl groups excluding tert-OH is 1. The Kier molecular flexibility index (Phi) is 9.94. The predicted molar refractivity (Wildman–Crippen MR) is 208 cm³/mol. The second-order valence-corrected chi connectivity index (χ2v) is 19.3. The van der Waals surface area contributed by atoms with E-state index in [1.54, 1.807) is 36.1 Å². The maximum absolute atomic E-state index is 15.2. The van der Waals surface area contributed by atoms with Crippen LogP contribution in [0.4, 0.5) is 17.1 Å². The predicted octanol–water partition coefficient (Wildman–Crippen LogP) is 5.51. The number of benzene rings is 4.